The van der Waals surface area contributed by atoms with Crippen molar-refractivity contribution in [3.8, 4) is 11.5 Å². The molecule has 2 N–H and O–H groups in total. The van der Waals surface area contributed by atoms with Crippen LogP contribution in [0, 0.1) is 5.92 Å². The summed E-state index contributed by atoms with van der Waals surface area (Å²) in [6.07, 6.45) is 0.830. The zero-order chi connectivity index (χ0) is 24.8. The van der Waals surface area contributed by atoms with Crippen LogP contribution in [-0.2, 0) is 22.7 Å². The Bertz CT molecular complexity index is 960. The number of rotatable bonds is 4. The molecule has 0 aliphatic rings. The van der Waals surface area contributed by atoms with Gasteiger partial charge in [0.05, 0.1) is 0 Å². The number of phenols is 2. The molecule has 2 heteroatoms. The van der Waals surface area contributed by atoms with E-state index >= 15 is 0 Å². The Labute approximate surface area is 197 Å². The van der Waals surface area contributed by atoms with Crippen LogP contribution in [0.1, 0.15) is 122 Å². The number of benzene rings is 2. The van der Waals surface area contributed by atoms with Crippen molar-refractivity contribution >= 4 is 0 Å². The second-order valence-electron chi connectivity index (χ2n) is 13.1. The highest BCUT2D eigenvalue weighted by atomic mass is 16.3. The fraction of sp³-hybridized carbons (Fsp3) is 0.600. The quantitative estimate of drug-likeness (QED) is 0.503. The van der Waals surface area contributed by atoms with E-state index in [0.717, 1.165) is 28.7 Å². The van der Waals surface area contributed by atoms with Crippen molar-refractivity contribution in [2.45, 2.75) is 112 Å². The summed E-state index contributed by atoms with van der Waals surface area (Å²) >= 11 is 0. The Morgan fingerprint density at radius 1 is 0.625 bits per heavy atom. The van der Waals surface area contributed by atoms with Crippen LogP contribution in [0.25, 0.3) is 0 Å². The van der Waals surface area contributed by atoms with E-state index in [0.29, 0.717) is 17.4 Å². The highest BCUT2D eigenvalue weighted by Crippen LogP contribution is 2.45. The summed E-state index contributed by atoms with van der Waals surface area (Å²) in [4.78, 5) is 0. The summed E-state index contributed by atoms with van der Waals surface area (Å²) in [5.41, 5.74) is 5.91. The van der Waals surface area contributed by atoms with Gasteiger partial charge < -0.3 is 10.2 Å². The predicted octanol–water partition coefficient (Wildman–Crippen LogP) is 8.34. The summed E-state index contributed by atoms with van der Waals surface area (Å²) in [6.45, 7) is 26.1. The fourth-order valence-electron chi connectivity index (χ4n) is 4.24. The second kappa shape index (κ2) is 8.76. The number of phenolic OH excluding ortho intramolecular Hbond substituents is 2. The van der Waals surface area contributed by atoms with E-state index in [9.17, 15) is 10.2 Å². The SMILES string of the molecule is CC(C)Cc1cc(C(C)(C)C)cc(C(C)c2cc(C(C)(C)C)cc(C(C)(C)C)c2O)c1O. The summed E-state index contributed by atoms with van der Waals surface area (Å²) in [5.74, 6) is 1.04. The van der Waals surface area contributed by atoms with Gasteiger partial charge in [-0.05, 0) is 50.8 Å². The van der Waals surface area contributed by atoms with Crippen molar-refractivity contribution in [3.05, 3.63) is 57.6 Å². The molecule has 2 nitrogen and oxygen atoms in total. The Kier molecular flexibility index (Phi) is 7.20. The molecule has 0 saturated heterocycles. The smallest absolute Gasteiger partial charge is 0.123 e. The van der Waals surface area contributed by atoms with Crippen molar-refractivity contribution in [3.63, 3.8) is 0 Å². The van der Waals surface area contributed by atoms with Crippen molar-refractivity contribution in [2.75, 3.05) is 0 Å². The molecule has 32 heavy (non-hydrogen) atoms. The van der Waals surface area contributed by atoms with Crippen LogP contribution >= 0.6 is 0 Å². The van der Waals surface area contributed by atoms with Gasteiger partial charge in [0.25, 0.3) is 0 Å². The average molecular weight is 439 g/mol. The summed E-state index contributed by atoms with van der Waals surface area (Å²) < 4.78 is 0. The lowest BCUT2D eigenvalue weighted by molar-refractivity contribution is 0.432. The van der Waals surface area contributed by atoms with Crippen LogP contribution < -0.4 is 0 Å². The van der Waals surface area contributed by atoms with Gasteiger partial charge in [-0.15, -0.1) is 0 Å². The van der Waals surface area contributed by atoms with Crippen LogP contribution in [0.5, 0.6) is 11.5 Å². The van der Waals surface area contributed by atoms with E-state index in [1.165, 1.54) is 11.1 Å². The number of hydrogen-bond donors (Lipinski definition) is 2. The molecule has 0 bridgehead atoms. The van der Waals surface area contributed by atoms with Gasteiger partial charge in [-0.25, -0.2) is 0 Å². The predicted molar refractivity (Wildman–Crippen MR) is 138 cm³/mol. The van der Waals surface area contributed by atoms with Crippen molar-refractivity contribution in [2.24, 2.45) is 5.92 Å². The maximum atomic E-state index is 11.4. The molecule has 2 aromatic rings. The zero-order valence-electron chi connectivity index (χ0n) is 22.6. The van der Waals surface area contributed by atoms with E-state index in [1.807, 2.05) is 0 Å². The van der Waals surface area contributed by atoms with Crippen molar-refractivity contribution in [1.29, 1.82) is 0 Å². The molecule has 0 amide bonds. The molecule has 0 radical (unpaired) electrons. The average Bonchev–Trinajstić information content (AvgIpc) is 2.59. The highest BCUT2D eigenvalue weighted by molar-refractivity contribution is 5.56. The molecule has 178 valence electrons. The molecule has 1 unspecified atom stereocenters. The van der Waals surface area contributed by atoms with Gasteiger partial charge in [0.1, 0.15) is 11.5 Å². The number of aromatic hydroxyl groups is 2. The lowest BCUT2D eigenvalue weighted by Gasteiger charge is -2.30. The maximum Gasteiger partial charge on any atom is 0.123 e. The molecule has 2 rings (SSSR count). The third-order valence-corrected chi connectivity index (χ3v) is 6.46. The first-order chi connectivity index (χ1) is 14.3. The molecule has 0 spiro atoms. The molecule has 0 aliphatic heterocycles. The monoisotopic (exact) mass is 438 g/mol. The fourth-order valence-corrected chi connectivity index (χ4v) is 4.24. The van der Waals surface area contributed by atoms with E-state index in [2.05, 4.69) is 107 Å². The third-order valence-electron chi connectivity index (χ3n) is 6.46. The minimum Gasteiger partial charge on any atom is -0.507 e. The van der Waals surface area contributed by atoms with Gasteiger partial charge in [-0.2, -0.15) is 0 Å². The summed E-state index contributed by atoms with van der Waals surface area (Å²) in [5, 5.41) is 22.7. The van der Waals surface area contributed by atoms with Gasteiger partial charge in [0.2, 0.25) is 0 Å². The summed E-state index contributed by atoms with van der Waals surface area (Å²) in [6, 6.07) is 8.60. The molecular formula is C30H46O2. The lowest BCUT2D eigenvalue weighted by atomic mass is 9.75. The van der Waals surface area contributed by atoms with Gasteiger partial charge >= 0.3 is 0 Å². The highest BCUT2D eigenvalue weighted by Gasteiger charge is 2.29. The van der Waals surface area contributed by atoms with E-state index in [4.69, 9.17) is 0 Å². The Morgan fingerprint density at radius 2 is 1.06 bits per heavy atom. The van der Waals surface area contributed by atoms with Crippen molar-refractivity contribution < 1.29 is 10.2 Å². The largest absolute Gasteiger partial charge is 0.507 e. The standard InChI is InChI=1S/C30H46O2/c1-18(2)13-20-14-21(28(4,5)6)15-23(26(20)31)19(3)24-16-22(29(7,8)9)17-25(27(24)32)30(10,11)12/h14-19,31-32H,13H2,1-12H3. The normalized spacial score (nSPS) is 14.2. The van der Waals surface area contributed by atoms with Gasteiger partial charge in [0, 0.05) is 17.0 Å². The number of hydrogen-bond acceptors (Lipinski definition) is 2. The van der Waals surface area contributed by atoms with Gasteiger partial charge in [-0.1, -0.05) is 107 Å². The Morgan fingerprint density at radius 3 is 1.47 bits per heavy atom. The minimum atomic E-state index is -0.183. The van der Waals surface area contributed by atoms with E-state index in [1.54, 1.807) is 0 Å². The molecular weight excluding hydrogens is 392 g/mol. The Hall–Kier alpha value is -1.96. The van der Waals surface area contributed by atoms with Crippen LogP contribution in [0.2, 0.25) is 0 Å². The molecule has 1 atom stereocenters. The second-order valence-corrected chi connectivity index (χ2v) is 13.1. The van der Waals surface area contributed by atoms with Gasteiger partial charge in [0.15, 0.2) is 0 Å². The molecule has 0 aromatic heterocycles. The maximum absolute atomic E-state index is 11.4. The van der Waals surface area contributed by atoms with Gasteiger partial charge in [-0.3, -0.25) is 0 Å². The van der Waals surface area contributed by atoms with Crippen LogP contribution in [0.3, 0.4) is 0 Å². The lowest BCUT2D eigenvalue weighted by Crippen LogP contribution is -2.18. The van der Waals surface area contributed by atoms with Crippen LogP contribution in [0.4, 0.5) is 0 Å². The van der Waals surface area contributed by atoms with E-state index < -0.39 is 0 Å². The summed E-state index contributed by atoms with van der Waals surface area (Å²) in [7, 11) is 0. The van der Waals surface area contributed by atoms with Crippen LogP contribution in [0.15, 0.2) is 24.3 Å². The minimum absolute atomic E-state index is 0.0280. The van der Waals surface area contributed by atoms with Crippen molar-refractivity contribution in [1.82, 2.24) is 0 Å². The molecule has 0 heterocycles. The third kappa shape index (κ3) is 5.69. The van der Waals surface area contributed by atoms with E-state index in [-0.39, 0.29) is 22.2 Å². The topological polar surface area (TPSA) is 40.5 Å². The zero-order valence-corrected chi connectivity index (χ0v) is 22.6. The first-order valence-electron chi connectivity index (χ1n) is 12.1. The van der Waals surface area contributed by atoms with Crippen LogP contribution in [-0.4, -0.2) is 10.2 Å². The first kappa shape index (κ1) is 26.3. The molecule has 0 aliphatic carbocycles. The Balaban J connectivity index is 2.83. The first-order valence-corrected chi connectivity index (χ1v) is 12.1. The molecule has 0 saturated carbocycles. The molecule has 0 fully saturated rings. The molecule has 2 aromatic carbocycles.